The van der Waals surface area contributed by atoms with Gasteiger partial charge >= 0.3 is 0 Å². The Bertz CT molecular complexity index is 277. The summed E-state index contributed by atoms with van der Waals surface area (Å²) < 4.78 is 5.69. The maximum absolute atomic E-state index is 12.1. The molecular weight excluding hydrogens is 266 g/mol. The van der Waals surface area contributed by atoms with Gasteiger partial charge in [0.25, 0.3) is 0 Å². The minimum atomic E-state index is 0.283. The van der Waals surface area contributed by atoms with E-state index in [4.69, 9.17) is 10.5 Å². The van der Waals surface area contributed by atoms with Gasteiger partial charge in [-0.05, 0) is 38.1 Å². The van der Waals surface area contributed by atoms with Gasteiger partial charge in [0.1, 0.15) is 0 Å². The number of piperidine rings is 1. The van der Waals surface area contributed by atoms with Crippen LogP contribution in [0.5, 0.6) is 0 Å². The van der Waals surface area contributed by atoms with E-state index < -0.39 is 0 Å². The summed E-state index contributed by atoms with van der Waals surface area (Å²) in [7, 11) is 0. The largest absolute Gasteiger partial charge is 0.381 e. The fraction of sp³-hybridized carbons (Fsp3) is 0.938. The Kier molecular flexibility index (Phi) is 9.63. The van der Waals surface area contributed by atoms with Crippen molar-refractivity contribution in [3.8, 4) is 0 Å². The first-order valence-corrected chi connectivity index (χ1v) is 8.42. The highest BCUT2D eigenvalue weighted by atomic mass is 16.5. The Hall–Kier alpha value is -0.650. The maximum Gasteiger partial charge on any atom is 0.223 e. The topological polar surface area (TPSA) is 67.6 Å². The summed E-state index contributed by atoms with van der Waals surface area (Å²) in [4.78, 5) is 14.1. The summed E-state index contributed by atoms with van der Waals surface area (Å²) in [5.41, 5.74) is 5.45. The Balaban J connectivity index is 2.07. The van der Waals surface area contributed by atoms with Crippen LogP contribution in [0.4, 0.5) is 0 Å². The molecule has 0 aromatic carbocycles. The first kappa shape index (κ1) is 18.4. The van der Waals surface area contributed by atoms with Crippen molar-refractivity contribution in [2.75, 3.05) is 39.4 Å². The number of nitrogens with zero attached hydrogens (tertiary/aromatic N) is 1. The third-order valence-electron chi connectivity index (χ3n) is 3.96. The molecule has 5 heteroatoms. The van der Waals surface area contributed by atoms with Gasteiger partial charge in [-0.1, -0.05) is 13.8 Å². The Morgan fingerprint density at radius 1 is 1.33 bits per heavy atom. The zero-order valence-electron chi connectivity index (χ0n) is 13.8. The summed E-state index contributed by atoms with van der Waals surface area (Å²) in [5, 5.41) is 3.29. The molecule has 0 atom stereocenters. The van der Waals surface area contributed by atoms with Crippen molar-refractivity contribution in [3.05, 3.63) is 0 Å². The molecule has 3 N–H and O–H groups in total. The Morgan fingerprint density at radius 2 is 2.05 bits per heavy atom. The third kappa shape index (κ3) is 8.39. The molecule has 1 aliphatic heterocycles. The predicted octanol–water partition coefficient (Wildman–Crippen LogP) is 1.37. The number of nitrogens with two attached hydrogens (primary N) is 1. The van der Waals surface area contributed by atoms with E-state index in [1.165, 1.54) is 0 Å². The molecule has 1 rings (SSSR count). The van der Waals surface area contributed by atoms with E-state index in [0.717, 1.165) is 65.1 Å². The lowest BCUT2D eigenvalue weighted by atomic mass is 9.97. The highest BCUT2D eigenvalue weighted by Crippen LogP contribution is 2.18. The van der Waals surface area contributed by atoms with Gasteiger partial charge in [-0.25, -0.2) is 0 Å². The van der Waals surface area contributed by atoms with Gasteiger partial charge < -0.3 is 20.7 Å². The van der Waals surface area contributed by atoms with Crippen molar-refractivity contribution in [1.82, 2.24) is 10.2 Å². The van der Waals surface area contributed by atoms with Crippen molar-refractivity contribution >= 4 is 5.91 Å². The Morgan fingerprint density at radius 3 is 2.67 bits per heavy atom. The van der Waals surface area contributed by atoms with Crippen molar-refractivity contribution < 1.29 is 9.53 Å². The number of nitrogens with one attached hydrogen (secondary N) is 1. The van der Waals surface area contributed by atoms with Gasteiger partial charge in [0, 0.05) is 45.3 Å². The number of hydrogen-bond acceptors (Lipinski definition) is 4. The molecule has 1 saturated heterocycles. The summed E-state index contributed by atoms with van der Waals surface area (Å²) in [6.07, 6.45) is 4.84. The summed E-state index contributed by atoms with van der Waals surface area (Å²) in [5.74, 6) is 0.895. The van der Waals surface area contributed by atoms with Crippen molar-refractivity contribution in [2.45, 2.75) is 52.0 Å². The molecule has 0 bridgehead atoms. The first-order valence-electron chi connectivity index (χ1n) is 8.42. The maximum atomic E-state index is 12.1. The standard InChI is InChI=1S/C16H33N3O2/c1-14(2)18-9-5-16(20)19-10-6-15(7-11-19)13-21-12-4-3-8-17/h14-15,18H,3-13,17H2,1-2H3. The molecule has 1 amide bonds. The second-order valence-electron chi connectivity index (χ2n) is 6.25. The quantitative estimate of drug-likeness (QED) is 0.598. The molecule has 124 valence electrons. The number of unbranched alkanes of at least 4 members (excludes halogenated alkanes) is 1. The highest BCUT2D eigenvalue weighted by Gasteiger charge is 2.22. The Labute approximate surface area is 129 Å². The number of ether oxygens (including phenoxy) is 1. The lowest BCUT2D eigenvalue weighted by molar-refractivity contribution is -0.132. The minimum Gasteiger partial charge on any atom is -0.381 e. The molecule has 0 spiro atoms. The van der Waals surface area contributed by atoms with Crippen LogP contribution in [0.2, 0.25) is 0 Å². The molecule has 0 unspecified atom stereocenters. The first-order chi connectivity index (χ1) is 10.1. The number of hydrogen-bond donors (Lipinski definition) is 2. The van der Waals surface area contributed by atoms with Crippen molar-refractivity contribution in [2.24, 2.45) is 11.7 Å². The lowest BCUT2D eigenvalue weighted by Gasteiger charge is -2.32. The lowest BCUT2D eigenvalue weighted by Crippen LogP contribution is -2.40. The number of likely N-dealkylation sites (tertiary alicyclic amines) is 1. The van der Waals surface area contributed by atoms with Crippen LogP contribution in [0.25, 0.3) is 0 Å². The van der Waals surface area contributed by atoms with Crippen LogP contribution in [0.3, 0.4) is 0 Å². The van der Waals surface area contributed by atoms with Crippen LogP contribution in [0.15, 0.2) is 0 Å². The van der Waals surface area contributed by atoms with E-state index >= 15 is 0 Å². The van der Waals surface area contributed by atoms with E-state index in [0.29, 0.717) is 18.4 Å². The SMILES string of the molecule is CC(C)NCCC(=O)N1CCC(COCCCCN)CC1. The van der Waals surface area contributed by atoms with Gasteiger partial charge in [0.2, 0.25) is 5.91 Å². The zero-order chi connectivity index (χ0) is 15.5. The molecular formula is C16H33N3O2. The molecule has 0 aromatic heterocycles. The second-order valence-corrected chi connectivity index (χ2v) is 6.25. The number of amides is 1. The van der Waals surface area contributed by atoms with E-state index in [-0.39, 0.29) is 5.91 Å². The molecule has 0 saturated carbocycles. The van der Waals surface area contributed by atoms with E-state index in [9.17, 15) is 4.79 Å². The van der Waals surface area contributed by atoms with Gasteiger partial charge in [0.15, 0.2) is 0 Å². The summed E-state index contributed by atoms with van der Waals surface area (Å²) in [6, 6.07) is 0.444. The van der Waals surface area contributed by atoms with E-state index in [2.05, 4.69) is 19.2 Å². The van der Waals surface area contributed by atoms with Gasteiger partial charge in [-0.3, -0.25) is 4.79 Å². The van der Waals surface area contributed by atoms with Crippen molar-refractivity contribution in [1.29, 1.82) is 0 Å². The monoisotopic (exact) mass is 299 g/mol. The normalized spacial score (nSPS) is 16.7. The average Bonchev–Trinajstić information content (AvgIpc) is 2.47. The molecule has 0 radical (unpaired) electrons. The van der Waals surface area contributed by atoms with Crippen LogP contribution in [0, 0.1) is 5.92 Å². The number of carbonyl (C=O) groups is 1. The predicted molar refractivity (Wildman–Crippen MR) is 86.2 cm³/mol. The smallest absolute Gasteiger partial charge is 0.223 e. The highest BCUT2D eigenvalue weighted by molar-refractivity contribution is 5.76. The molecule has 1 aliphatic rings. The van der Waals surface area contributed by atoms with Crippen LogP contribution < -0.4 is 11.1 Å². The number of carbonyl (C=O) groups excluding carboxylic acids is 1. The second kappa shape index (κ2) is 11.0. The minimum absolute atomic E-state index is 0.283. The molecule has 0 aromatic rings. The van der Waals surface area contributed by atoms with Crippen LogP contribution in [-0.2, 0) is 9.53 Å². The summed E-state index contributed by atoms with van der Waals surface area (Å²) >= 11 is 0. The average molecular weight is 299 g/mol. The molecule has 1 fully saturated rings. The third-order valence-corrected chi connectivity index (χ3v) is 3.96. The van der Waals surface area contributed by atoms with Crippen molar-refractivity contribution in [3.63, 3.8) is 0 Å². The number of rotatable bonds is 10. The molecule has 1 heterocycles. The van der Waals surface area contributed by atoms with Crippen LogP contribution in [0.1, 0.15) is 46.0 Å². The van der Waals surface area contributed by atoms with E-state index in [1.807, 2.05) is 4.90 Å². The molecule has 5 nitrogen and oxygen atoms in total. The fourth-order valence-electron chi connectivity index (χ4n) is 2.57. The van der Waals surface area contributed by atoms with Crippen LogP contribution in [-0.4, -0.2) is 56.2 Å². The van der Waals surface area contributed by atoms with Crippen LogP contribution >= 0.6 is 0 Å². The van der Waals surface area contributed by atoms with Gasteiger partial charge in [-0.15, -0.1) is 0 Å². The fourth-order valence-corrected chi connectivity index (χ4v) is 2.57. The van der Waals surface area contributed by atoms with Gasteiger partial charge in [-0.2, -0.15) is 0 Å². The zero-order valence-corrected chi connectivity index (χ0v) is 13.8. The van der Waals surface area contributed by atoms with Gasteiger partial charge in [0.05, 0.1) is 0 Å². The summed E-state index contributed by atoms with van der Waals surface area (Å²) in [6.45, 7) is 9.15. The van der Waals surface area contributed by atoms with E-state index in [1.54, 1.807) is 0 Å². The molecule has 0 aliphatic carbocycles. The molecule has 21 heavy (non-hydrogen) atoms.